The molecule has 0 N–H and O–H groups in total. The second kappa shape index (κ2) is 8.16. The Labute approximate surface area is 189 Å². The predicted molar refractivity (Wildman–Crippen MR) is 118 cm³/mol. The fourth-order valence-corrected chi connectivity index (χ4v) is 4.18. The van der Waals surface area contributed by atoms with Gasteiger partial charge in [0.2, 0.25) is 5.82 Å². The molecular formula is C24H22FN5O3. The predicted octanol–water partition coefficient (Wildman–Crippen LogP) is 3.79. The van der Waals surface area contributed by atoms with Crippen molar-refractivity contribution < 1.29 is 18.4 Å². The molecule has 9 heteroatoms. The van der Waals surface area contributed by atoms with Crippen molar-refractivity contribution in [2.45, 2.75) is 19.9 Å². The van der Waals surface area contributed by atoms with E-state index < -0.39 is 0 Å². The van der Waals surface area contributed by atoms with E-state index >= 15 is 0 Å². The molecule has 0 saturated carbocycles. The first kappa shape index (κ1) is 20.9. The molecule has 2 aromatic carbocycles. The van der Waals surface area contributed by atoms with Crippen LogP contribution in [-0.2, 0) is 20.0 Å². The Bertz CT molecular complexity index is 1360. The van der Waals surface area contributed by atoms with E-state index in [-0.39, 0.29) is 23.4 Å². The van der Waals surface area contributed by atoms with E-state index in [2.05, 4.69) is 15.2 Å². The molecule has 0 fully saturated rings. The third-order valence-corrected chi connectivity index (χ3v) is 5.90. The normalized spacial score (nSPS) is 13.2. The summed E-state index contributed by atoms with van der Waals surface area (Å²) in [6.45, 7) is 2.85. The maximum absolute atomic E-state index is 13.6. The van der Waals surface area contributed by atoms with Gasteiger partial charge < -0.3 is 14.2 Å². The summed E-state index contributed by atoms with van der Waals surface area (Å²) in [5.74, 6) is 0.797. The monoisotopic (exact) mass is 447 g/mol. The largest absolute Gasteiger partial charge is 0.497 e. The number of nitrogens with zero attached hydrogens (tertiary/aromatic N) is 5. The minimum atomic E-state index is -0.378. The SMILES string of the molecule is COc1ccc(C(=O)N2CCc3c(c(-c4nc(-c5cccc(F)c5)no4)nn3C)C2)c(C)c1. The first-order valence-corrected chi connectivity index (χ1v) is 10.5. The van der Waals surface area contributed by atoms with Crippen LogP contribution in [0.1, 0.15) is 27.2 Å². The number of amides is 1. The summed E-state index contributed by atoms with van der Waals surface area (Å²) < 4.78 is 26.1. The lowest BCUT2D eigenvalue weighted by Gasteiger charge is -2.28. The Morgan fingerprint density at radius 1 is 1.21 bits per heavy atom. The molecule has 0 bridgehead atoms. The molecule has 1 amide bonds. The lowest BCUT2D eigenvalue weighted by molar-refractivity contribution is 0.0733. The van der Waals surface area contributed by atoms with Gasteiger partial charge >= 0.3 is 0 Å². The highest BCUT2D eigenvalue weighted by atomic mass is 19.1. The molecule has 8 nitrogen and oxygen atoms in total. The molecule has 168 valence electrons. The van der Waals surface area contributed by atoms with Crippen molar-refractivity contribution in [1.82, 2.24) is 24.8 Å². The molecule has 2 aromatic heterocycles. The molecule has 0 radical (unpaired) electrons. The molecular weight excluding hydrogens is 425 g/mol. The van der Waals surface area contributed by atoms with Crippen LogP contribution >= 0.6 is 0 Å². The molecule has 1 aliphatic rings. The van der Waals surface area contributed by atoms with Crippen LogP contribution in [0.3, 0.4) is 0 Å². The number of ether oxygens (including phenoxy) is 1. The van der Waals surface area contributed by atoms with Gasteiger partial charge in [-0.05, 0) is 42.8 Å². The van der Waals surface area contributed by atoms with Gasteiger partial charge in [-0.2, -0.15) is 10.1 Å². The number of benzene rings is 2. The lowest BCUT2D eigenvalue weighted by atomic mass is 10.0. The number of methoxy groups -OCH3 is 1. The summed E-state index contributed by atoms with van der Waals surface area (Å²) in [5, 5.41) is 8.58. The van der Waals surface area contributed by atoms with Crippen molar-refractivity contribution >= 4 is 5.91 Å². The van der Waals surface area contributed by atoms with E-state index in [9.17, 15) is 9.18 Å². The number of rotatable bonds is 4. The van der Waals surface area contributed by atoms with E-state index in [1.54, 1.807) is 41.0 Å². The van der Waals surface area contributed by atoms with Gasteiger partial charge in [-0.1, -0.05) is 17.3 Å². The number of aryl methyl sites for hydroxylation is 2. The number of hydrogen-bond donors (Lipinski definition) is 0. The van der Waals surface area contributed by atoms with Gasteiger partial charge in [-0.3, -0.25) is 9.48 Å². The van der Waals surface area contributed by atoms with Gasteiger partial charge in [0, 0.05) is 42.4 Å². The molecule has 4 aromatic rings. The summed E-state index contributed by atoms with van der Waals surface area (Å²) in [6, 6.07) is 11.4. The Kier molecular flexibility index (Phi) is 5.16. The molecule has 0 spiro atoms. The number of fused-ring (bicyclic) bond motifs is 1. The Balaban J connectivity index is 1.45. The second-order valence-corrected chi connectivity index (χ2v) is 7.99. The van der Waals surface area contributed by atoms with Crippen LogP contribution in [0.15, 0.2) is 47.0 Å². The van der Waals surface area contributed by atoms with Crippen molar-refractivity contribution in [3.05, 3.63) is 70.7 Å². The third kappa shape index (κ3) is 3.75. The number of carbonyl (C=O) groups excluding carboxylic acids is 1. The molecule has 0 saturated heterocycles. The minimum absolute atomic E-state index is 0.0541. The van der Waals surface area contributed by atoms with Crippen LogP contribution < -0.4 is 4.74 Å². The van der Waals surface area contributed by atoms with Gasteiger partial charge in [0.25, 0.3) is 11.8 Å². The fourth-order valence-electron chi connectivity index (χ4n) is 4.18. The number of halogens is 1. The molecule has 0 unspecified atom stereocenters. The molecule has 5 rings (SSSR count). The van der Waals surface area contributed by atoms with Crippen LogP contribution in [0.4, 0.5) is 4.39 Å². The zero-order chi connectivity index (χ0) is 23.1. The number of hydrogen-bond acceptors (Lipinski definition) is 6. The second-order valence-electron chi connectivity index (χ2n) is 7.99. The Morgan fingerprint density at radius 2 is 2.06 bits per heavy atom. The number of carbonyl (C=O) groups is 1. The van der Waals surface area contributed by atoms with Crippen LogP contribution in [-0.4, -0.2) is 44.4 Å². The highest BCUT2D eigenvalue weighted by Crippen LogP contribution is 2.31. The smallest absolute Gasteiger partial charge is 0.279 e. The van der Waals surface area contributed by atoms with E-state index in [0.29, 0.717) is 42.1 Å². The van der Waals surface area contributed by atoms with Crippen LogP contribution in [0.5, 0.6) is 5.75 Å². The summed E-state index contributed by atoms with van der Waals surface area (Å²) >= 11 is 0. The summed E-state index contributed by atoms with van der Waals surface area (Å²) in [5.41, 5.74) is 4.43. The first-order chi connectivity index (χ1) is 15.9. The molecule has 33 heavy (non-hydrogen) atoms. The maximum atomic E-state index is 13.6. The van der Waals surface area contributed by atoms with Crippen molar-refractivity contribution in [1.29, 1.82) is 0 Å². The van der Waals surface area contributed by atoms with Crippen molar-refractivity contribution in [2.24, 2.45) is 7.05 Å². The number of aromatic nitrogens is 4. The topological polar surface area (TPSA) is 86.3 Å². The zero-order valence-electron chi connectivity index (χ0n) is 18.5. The minimum Gasteiger partial charge on any atom is -0.497 e. The van der Waals surface area contributed by atoms with Gasteiger partial charge in [0.15, 0.2) is 5.69 Å². The summed E-state index contributed by atoms with van der Waals surface area (Å²) in [7, 11) is 3.46. The Morgan fingerprint density at radius 3 is 2.82 bits per heavy atom. The van der Waals surface area contributed by atoms with Crippen LogP contribution in [0.2, 0.25) is 0 Å². The average Bonchev–Trinajstić information content (AvgIpc) is 3.43. The van der Waals surface area contributed by atoms with Crippen LogP contribution in [0.25, 0.3) is 23.0 Å². The van der Waals surface area contributed by atoms with E-state index in [1.165, 1.54) is 12.1 Å². The fraction of sp³-hybridized carbons (Fsp3) is 0.250. The average molecular weight is 447 g/mol. The van der Waals surface area contributed by atoms with E-state index in [4.69, 9.17) is 9.26 Å². The van der Waals surface area contributed by atoms with Crippen LogP contribution in [0, 0.1) is 12.7 Å². The van der Waals surface area contributed by atoms with E-state index in [1.807, 2.05) is 20.0 Å². The maximum Gasteiger partial charge on any atom is 0.279 e. The van der Waals surface area contributed by atoms with Gasteiger partial charge in [0.1, 0.15) is 11.6 Å². The lowest BCUT2D eigenvalue weighted by Crippen LogP contribution is -2.36. The van der Waals surface area contributed by atoms with E-state index in [0.717, 1.165) is 16.8 Å². The van der Waals surface area contributed by atoms with Gasteiger partial charge in [0.05, 0.1) is 13.7 Å². The van der Waals surface area contributed by atoms with Crippen molar-refractivity contribution in [3.63, 3.8) is 0 Å². The standard InChI is InChI=1S/C24H22FN5O3/c1-14-11-17(32-3)7-8-18(14)24(31)30-10-9-20-19(13-30)21(27-29(20)2)23-26-22(28-33-23)15-5-4-6-16(25)12-15/h4-8,11-12H,9-10,13H2,1-3H3. The summed E-state index contributed by atoms with van der Waals surface area (Å²) in [4.78, 5) is 19.5. The molecule has 0 aliphatic carbocycles. The third-order valence-electron chi connectivity index (χ3n) is 5.90. The Hall–Kier alpha value is -4.01. The first-order valence-electron chi connectivity index (χ1n) is 10.5. The van der Waals surface area contributed by atoms with Crippen molar-refractivity contribution in [3.8, 4) is 28.7 Å². The highest BCUT2D eigenvalue weighted by molar-refractivity contribution is 5.96. The molecule has 1 aliphatic heterocycles. The summed E-state index contributed by atoms with van der Waals surface area (Å²) in [6.07, 6.45) is 0.657. The highest BCUT2D eigenvalue weighted by Gasteiger charge is 2.30. The zero-order valence-corrected chi connectivity index (χ0v) is 18.5. The van der Waals surface area contributed by atoms with Gasteiger partial charge in [-0.25, -0.2) is 4.39 Å². The quantitative estimate of drug-likeness (QED) is 0.473. The van der Waals surface area contributed by atoms with Gasteiger partial charge in [-0.15, -0.1) is 0 Å². The molecule has 3 heterocycles. The molecule has 0 atom stereocenters. The van der Waals surface area contributed by atoms with Crippen molar-refractivity contribution in [2.75, 3.05) is 13.7 Å².